The molecule has 12 heteroatoms. The second-order valence-corrected chi connectivity index (χ2v) is 10.3. The maximum Gasteiger partial charge on any atom is 2.00 e. The number of aryl methyl sites for hydroxylation is 1. The molecule has 0 aromatic heterocycles. The number of hydrogen-bond donors (Lipinski definition) is 0. The van der Waals surface area contributed by atoms with Crippen molar-refractivity contribution in [1.29, 1.82) is 0 Å². The molecule has 2 atom stereocenters. The topological polar surface area (TPSA) is 86.4 Å². The van der Waals surface area contributed by atoms with Gasteiger partial charge in [0.15, 0.2) is 0 Å². The van der Waals surface area contributed by atoms with E-state index in [0.29, 0.717) is 0 Å². The summed E-state index contributed by atoms with van der Waals surface area (Å²) in [7, 11) is -10.9. The summed E-state index contributed by atoms with van der Waals surface area (Å²) in [6, 6.07) is 20.1. The van der Waals surface area contributed by atoms with Crippen molar-refractivity contribution in [2.45, 2.75) is 30.6 Å². The van der Waals surface area contributed by atoms with Gasteiger partial charge in [-0.2, -0.15) is 0 Å². The second-order valence-electron chi connectivity index (χ2n) is 8.50. The molecule has 6 nitrogen and oxygen atoms in total. The number of hydrogen-bond acceptors (Lipinski definition) is 3. The predicted octanol–water partition coefficient (Wildman–Crippen LogP) is 6.79. The second kappa shape index (κ2) is 20.9. The molecule has 0 spiro atoms. The Kier molecular flexibility index (Phi) is 19.5. The minimum absolute atomic E-state index is 0. The fourth-order valence-corrected chi connectivity index (χ4v) is 5.41. The summed E-state index contributed by atoms with van der Waals surface area (Å²) < 4.78 is 90.6. The van der Waals surface area contributed by atoms with Crippen LogP contribution in [0, 0.1) is 52.3 Å². The van der Waals surface area contributed by atoms with Crippen LogP contribution >= 0.6 is 0 Å². The number of rotatable bonds is 10. The van der Waals surface area contributed by atoms with Crippen molar-refractivity contribution in [2.75, 3.05) is 0 Å². The van der Waals surface area contributed by atoms with Crippen molar-refractivity contribution in [3.63, 3.8) is 0 Å². The quantitative estimate of drug-likeness (QED) is 0.105. The van der Waals surface area contributed by atoms with Crippen LogP contribution in [0.25, 0.3) is 0 Å². The zero-order valence-corrected chi connectivity index (χ0v) is 25.0. The van der Waals surface area contributed by atoms with E-state index in [9.17, 15) is 21.4 Å². The summed E-state index contributed by atoms with van der Waals surface area (Å²) in [4.78, 5) is -0.445. The Morgan fingerprint density at radius 3 is 1.70 bits per heavy atom. The molecule has 0 N–H and O–H groups in total. The average molecular weight is 651 g/mol. The molecule has 1 saturated carbocycles. The molecule has 225 valence electrons. The van der Waals surface area contributed by atoms with Crippen LogP contribution < -0.4 is 0 Å². The zero-order chi connectivity index (χ0) is 31.6. The van der Waals surface area contributed by atoms with Gasteiger partial charge in [0.2, 0.25) is 10.0 Å². The molecule has 0 bridgehead atoms. The number of ether oxygens (including phenoxy) is 1. The van der Waals surface area contributed by atoms with Gasteiger partial charge >= 0.3 is 46.8 Å². The summed E-state index contributed by atoms with van der Waals surface area (Å²) in [5, 5.41) is 0. The molecule has 5 radical (unpaired) electrons. The van der Waals surface area contributed by atoms with Gasteiger partial charge in [0, 0.05) is 6.04 Å². The van der Waals surface area contributed by atoms with Crippen LogP contribution in [0.15, 0.2) is 102 Å². The van der Waals surface area contributed by atoms with Crippen LogP contribution in [0.1, 0.15) is 22.7 Å². The van der Waals surface area contributed by atoms with E-state index in [1.165, 1.54) is 42.5 Å². The molecule has 43 heavy (non-hydrogen) atoms. The van der Waals surface area contributed by atoms with Crippen LogP contribution in [0.5, 0.6) is 0 Å². The van der Waals surface area contributed by atoms with Crippen molar-refractivity contribution in [3.05, 3.63) is 160 Å². The fourth-order valence-electron chi connectivity index (χ4n) is 3.83. The maximum absolute atomic E-state index is 14.5. The molecule has 1 fully saturated rings. The number of benzene rings is 3. The van der Waals surface area contributed by atoms with Crippen LogP contribution in [0.3, 0.4) is 0 Å². The minimum atomic E-state index is -5.99. The van der Waals surface area contributed by atoms with E-state index < -0.39 is 34.2 Å². The summed E-state index contributed by atoms with van der Waals surface area (Å²) in [6.07, 6.45) is 9.94. The molecule has 0 amide bonds. The molecule has 4 rings (SSSR count). The maximum atomic E-state index is 14.5. The third-order valence-corrected chi connectivity index (χ3v) is 7.57. The Morgan fingerprint density at radius 1 is 0.837 bits per heavy atom. The SMILES string of the molecule is C=C[C@H](OCc1ccccc1)[C@H](c1ccccc1)N([B-](F)(F)F)S(=O)(=O)c1ccc(C)cc1.[C-]#[O+].[C-]#[O+].[CH]1[CH][CH][CH][CH]1.[Fe+2]. The van der Waals surface area contributed by atoms with Crippen molar-refractivity contribution < 1.29 is 52.5 Å². The monoisotopic (exact) mass is 651 g/mol. The first-order chi connectivity index (χ1) is 20.1. The first-order valence-electron chi connectivity index (χ1n) is 12.4. The Bertz CT molecular complexity index is 1320. The molecule has 0 saturated heterocycles. The molecular formula is C31H29BF3FeNO5S+. The summed E-state index contributed by atoms with van der Waals surface area (Å²) >= 11 is 0. The van der Waals surface area contributed by atoms with Gasteiger partial charge in [0.05, 0.1) is 17.6 Å². The molecule has 0 aliphatic heterocycles. The van der Waals surface area contributed by atoms with E-state index in [0.717, 1.165) is 11.1 Å². The average Bonchev–Trinajstić information content (AvgIpc) is 3.60. The van der Waals surface area contributed by atoms with Gasteiger partial charge in [-0.3, -0.25) is 4.22 Å². The molecule has 1 aliphatic rings. The van der Waals surface area contributed by atoms with E-state index in [1.54, 1.807) is 49.4 Å². The standard InChI is InChI=1S/C24H24BF3NO3S.C5H5.2CO.Fe/c1-3-23(32-18-20-10-6-4-7-11-20)24(21-12-8-5-9-13-21)29(25(26,27)28)33(30,31)22-16-14-19(2)15-17-22;1-2-4-5-3-1;2*1-2;/h3-17,23-24H,1,18H2,2H3;1-5H;;;/q-1;;;;+2/t23-,24-;;;;/m0..../s1. The molecule has 0 heterocycles. The van der Waals surface area contributed by atoms with Crippen molar-refractivity contribution in [2.24, 2.45) is 0 Å². The summed E-state index contributed by atoms with van der Waals surface area (Å²) in [5.41, 5.74) is 1.61. The normalized spacial score (nSPS) is 13.7. The number of halogens is 3. The van der Waals surface area contributed by atoms with Gasteiger partial charge in [-0.05, 0) is 62.3 Å². The Morgan fingerprint density at radius 2 is 1.28 bits per heavy atom. The van der Waals surface area contributed by atoms with E-state index >= 15 is 0 Å². The largest absolute Gasteiger partial charge is 2.00 e. The number of sulfonamides is 1. The van der Waals surface area contributed by atoms with Crippen molar-refractivity contribution >= 4 is 17.1 Å². The fraction of sp³-hybridized carbons (Fsp3) is 0.129. The molecule has 1 aliphatic carbocycles. The first-order valence-corrected chi connectivity index (χ1v) is 13.8. The summed E-state index contributed by atoms with van der Waals surface area (Å²) in [5.74, 6) is 0. The third-order valence-electron chi connectivity index (χ3n) is 5.68. The van der Waals surface area contributed by atoms with Gasteiger partial charge in [-0.1, -0.05) is 84.4 Å². The zero-order valence-electron chi connectivity index (χ0n) is 23.1. The van der Waals surface area contributed by atoms with Crippen molar-refractivity contribution in [3.8, 4) is 0 Å². The minimum Gasteiger partial charge on any atom is -0.0312 e. The Labute approximate surface area is 263 Å². The molecule has 3 aromatic carbocycles. The molecular weight excluding hydrogens is 622 g/mol. The first kappa shape index (κ1) is 40.1. The number of nitrogens with zero attached hydrogens (tertiary/aromatic N) is 1. The smallest absolute Gasteiger partial charge is 0.0312 e. The molecule has 0 unspecified atom stereocenters. The third kappa shape index (κ3) is 12.7. The molecule has 3 aromatic rings. The van der Waals surface area contributed by atoms with Gasteiger partial charge in [-0.15, -0.1) is 6.58 Å². The van der Waals surface area contributed by atoms with Crippen LogP contribution in [-0.2, 0) is 47.7 Å². The van der Waals surface area contributed by atoms with E-state index in [4.69, 9.17) is 14.0 Å². The van der Waals surface area contributed by atoms with E-state index in [-0.39, 0.29) is 33.5 Å². The van der Waals surface area contributed by atoms with Gasteiger partial charge in [0.25, 0.3) is 0 Å². The van der Waals surface area contributed by atoms with Crippen molar-refractivity contribution in [1.82, 2.24) is 4.22 Å². The Hall–Kier alpha value is -2.88. The Balaban J connectivity index is 0.00000155. The van der Waals surface area contributed by atoms with E-state index in [1.807, 2.05) is 38.2 Å². The van der Waals surface area contributed by atoms with E-state index in [2.05, 4.69) is 19.9 Å². The summed E-state index contributed by atoms with van der Waals surface area (Å²) in [6.45, 7) is 14.4. The van der Waals surface area contributed by atoms with Crippen LogP contribution in [-0.4, -0.2) is 25.9 Å². The van der Waals surface area contributed by atoms with Gasteiger partial charge in [0.1, 0.15) is 0 Å². The van der Waals surface area contributed by atoms with Crippen LogP contribution in [0.2, 0.25) is 0 Å². The van der Waals surface area contributed by atoms with Crippen LogP contribution in [0.4, 0.5) is 12.9 Å². The van der Waals surface area contributed by atoms with Gasteiger partial charge < -0.3 is 17.7 Å². The van der Waals surface area contributed by atoms with Gasteiger partial charge in [-0.25, -0.2) is 8.42 Å². The predicted molar refractivity (Wildman–Crippen MR) is 153 cm³/mol.